The number of nitrogens with one attached hydrogen (secondary N) is 2. The number of hydrogen-bond donors (Lipinski definition) is 3. The summed E-state index contributed by atoms with van der Waals surface area (Å²) >= 11 is 0. The quantitative estimate of drug-likeness (QED) is 0.0403. The smallest absolute Gasteiger partial charge is 0.266 e. The number of rotatable bonds is 20. The molecule has 6 aromatic carbocycles. The number of benzene rings is 6. The number of carbonyl (C=O) groups is 1. The van der Waals surface area contributed by atoms with Crippen LogP contribution in [0.4, 0.5) is 0 Å². The van der Waals surface area contributed by atoms with E-state index in [1.54, 1.807) is 6.08 Å². The molecule has 0 saturated carbocycles. The van der Waals surface area contributed by atoms with Crippen molar-refractivity contribution in [3.05, 3.63) is 198 Å². The first-order valence-corrected chi connectivity index (χ1v) is 19.9. The Kier molecular flexibility index (Phi) is 13.8. The van der Waals surface area contributed by atoms with Gasteiger partial charge in [0.2, 0.25) is 5.90 Å². The summed E-state index contributed by atoms with van der Waals surface area (Å²) in [7, 11) is 0. The Morgan fingerprint density at radius 3 is 1.97 bits per heavy atom. The number of hydrogen-bond acceptors (Lipinski definition) is 8. The molecular weight excluding hydrogens is 739 g/mol. The molecule has 1 aliphatic heterocycles. The molecule has 1 aliphatic rings. The molecule has 9 nitrogen and oxygen atoms in total. The lowest BCUT2D eigenvalue weighted by Gasteiger charge is -2.29. The maximum absolute atomic E-state index is 14.4. The molecule has 7 rings (SSSR count). The lowest BCUT2D eigenvalue weighted by Crippen LogP contribution is -2.52. The predicted octanol–water partition coefficient (Wildman–Crippen LogP) is 8.97. The van der Waals surface area contributed by atoms with Crippen molar-refractivity contribution in [2.45, 2.75) is 44.1 Å². The van der Waals surface area contributed by atoms with E-state index in [0.29, 0.717) is 67.9 Å². The normalized spacial score (nSPS) is 15.7. The van der Waals surface area contributed by atoms with E-state index in [1.165, 1.54) is 0 Å². The predicted molar refractivity (Wildman–Crippen MR) is 231 cm³/mol. The van der Waals surface area contributed by atoms with Crippen LogP contribution in [0.5, 0.6) is 17.2 Å². The molecule has 0 aliphatic carbocycles. The van der Waals surface area contributed by atoms with Crippen molar-refractivity contribution >= 4 is 11.8 Å². The number of aliphatic hydroxyl groups excluding tert-OH is 1. The van der Waals surface area contributed by atoms with E-state index in [4.69, 9.17) is 29.0 Å². The van der Waals surface area contributed by atoms with Crippen molar-refractivity contribution in [2.75, 3.05) is 19.8 Å². The minimum Gasteiger partial charge on any atom is -0.494 e. The minimum absolute atomic E-state index is 0.0575. The van der Waals surface area contributed by atoms with E-state index in [1.807, 2.05) is 146 Å². The standard InChI is InChI=1S/C50H49N3O6/c1-2-30-50(47(42-22-20-41(21-23-42)40-17-10-5-11-18-40)59-48(52-50)43-24-26-44(27-25-43)56-33-12-32-54)49(55)53-51-31-29-37-19-28-45(57-35-38-13-6-3-7-14-38)46(34-37)58-36-39-15-8-4-9-16-39/h2-11,13-28,34,47,51,54H,1,12,29-33,35-36H2,(H,53,55)/t47-,50-/m0/s1. The highest BCUT2D eigenvalue weighted by molar-refractivity contribution is 6.01. The van der Waals surface area contributed by atoms with Crippen LogP contribution in [-0.4, -0.2) is 42.2 Å². The van der Waals surface area contributed by atoms with Crippen LogP contribution in [0.1, 0.15) is 46.8 Å². The van der Waals surface area contributed by atoms with Gasteiger partial charge < -0.3 is 24.1 Å². The maximum atomic E-state index is 14.4. The second-order valence-corrected chi connectivity index (χ2v) is 14.2. The van der Waals surface area contributed by atoms with Gasteiger partial charge in [-0.2, -0.15) is 0 Å². The summed E-state index contributed by atoms with van der Waals surface area (Å²) < 4.78 is 24.9. The van der Waals surface area contributed by atoms with Gasteiger partial charge in [0.05, 0.1) is 6.61 Å². The number of aliphatic imine (C=N–C) groups is 1. The number of carbonyl (C=O) groups excluding carboxylic acids is 1. The third-order valence-corrected chi connectivity index (χ3v) is 10.0. The molecule has 0 saturated heterocycles. The third-order valence-electron chi connectivity index (χ3n) is 10.0. The Morgan fingerprint density at radius 1 is 0.712 bits per heavy atom. The lowest BCUT2D eigenvalue weighted by atomic mass is 9.84. The van der Waals surface area contributed by atoms with E-state index in [2.05, 4.69) is 29.6 Å². The van der Waals surface area contributed by atoms with Crippen LogP contribution in [0.2, 0.25) is 0 Å². The van der Waals surface area contributed by atoms with Crippen LogP contribution in [0, 0.1) is 0 Å². The Labute approximate surface area is 346 Å². The van der Waals surface area contributed by atoms with Gasteiger partial charge in [-0.1, -0.05) is 127 Å². The molecule has 6 aromatic rings. The Bertz CT molecular complexity index is 2280. The summed E-state index contributed by atoms with van der Waals surface area (Å²) in [5.41, 5.74) is 11.5. The van der Waals surface area contributed by atoms with E-state index in [0.717, 1.165) is 33.4 Å². The molecule has 0 spiro atoms. The van der Waals surface area contributed by atoms with Gasteiger partial charge in [-0.05, 0) is 76.2 Å². The molecule has 59 heavy (non-hydrogen) atoms. The second kappa shape index (κ2) is 20.1. The van der Waals surface area contributed by atoms with Crippen molar-refractivity contribution in [3.63, 3.8) is 0 Å². The molecule has 3 N–H and O–H groups in total. The van der Waals surface area contributed by atoms with E-state index in [-0.39, 0.29) is 18.9 Å². The number of amides is 1. The first-order chi connectivity index (χ1) is 29.0. The van der Waals surface area contributed by atoms with Gasteiger partial charge in [0.25, 0.3) is 5.91 Å². The summed E-state index contributed by atoms with van der Waals surface area (Å²) in [5, 5.41) is 9.13. The van der Waals surface area contributed by atoms with Gasteiger partial charge in [0, 0.05) is 31.6 Å². The first kappa shape index (κ1) is 40.5. The van der Waals surface area contributed by atoms with Gasteiger partial charge >= 0.3 is 0 Å². The number of nitrogens with zero attached hydrogens (tertiary/aromatic N) is 1. The molecular formula is C50H49N3O6. The van der Waals surface area contributed by atoms with Crippen LogP contribution in [0.15, 0.2) is 175 Å². The maximum Gasteiger partial charge on any atom is 0.266 e. The molecule has 9 heteroatoms. The van der Waals surface area contributed by atoms with Crippen LogP contribution >= 0.6 is 0 Å². The molecule has 1 amide bonds. The summed E-state index contributed by atoms with van der Waals surface area (Å²) in [6.07, 6.45) is 2.32. The minimum atomic E-state index is -1.36. The fourth-order valence-electron chi connectivity index (χ4n) is 6.88. The molecule has 0 bridgehead atoms. The lowest BCUT2D eigenvalue weighted by molar-refractivity contribution is -0.129. The van der Waals surface area contributed by atoms with Gasteiger partial charge in [-0.25, -0.2) is 10.4 Å². The van der Waals surface area contributed by atoms with Gasteiger partial charge in [-0.3, -0.25) is 10.2 Å². The summed E-state index contributed by atoms with van der Waals surface area (Å²) in [4.78, 5) is 19.5. The highest BCUT2D eigenvalue weighted by Crippen LogP contribution is 2.43. The zero-order valence-electron chi connectivity index (χ0n) is 33.0. The number of aliphatic hydroxyl groups is 1. The number of ether oxygens (including phenoxy) is 4. The van der Waals surface area contributed by atoms with Crippen molar-refractivity contribution in [2.24, 2.45) is 4.99 Å². The fourth-order valence-corrected chi connectivity index (χ4v) is 6.88. The molecule has 2 atom stereocenters. The monoisotopic (exact) mass is 787 g/mol. The Hall–Kier alpha value is -6.68. The Balaban J connectivity index is 1.07. The van der Waals surface area contributed by atoms with E-state index in [9.17, 15) is 4.79 Å². The van der Waals surface area contributed by atoms with Crippen LogP contribution < -0.4 is 25.1 Å². The summed E-state index contributed by atoms with van der Waals surface area (Å²) in [6, 6.07) is 51.6. The van der Waals surface area contributed by atoms with Crippen molar-refractivity contribution in [1.29, 1.82) is 0 Å². The van der Waals surface area contributed by atoms with Crippen LogP contribution in [-0.2, 0) is 29.2 Å². The molecule has 1 heterocycles. The Morgan fingerprint density at radius 2 is 1.32 bits per heavy atom. The molecule has 0 fully saturated rings. The average Bonchev–Trinajstić information content (AvgIpc) is 3.68. The molecule has 300 valence electrons. The number of hydrazine groups is 1. The summed E-state index contributed by atoms with van der Waals surface area (Å²) in [6.45, 7) is 5.72. The van der Waals surface area contributed by atoms with Gasteiger partial charge in [0.15, 0.2) is 23.1 Å². The van der Waals surface area contributed by atoms with Crippen LogP contribution in [0.3, 0.4) is 0 Å². The first-order valence-electron chi connectivity index (χ1n) is 19.9. The second-order valence-electron chi connectivity index (χ2n) is 14.2. The zero-order chi connectivity index (χ0) is 40.7. The highest BCUT2D eigenvalue weighted by atomic mass is 16.5. The molecule has 0 unspecified atom stereocenters. The van der Waals surface area contributed by atoms with Crippen molar-refractivity contribution in [1.82, 2.24) is 10.9 Å². The molecule has 0 aromatic heterocycles. The fraction of sp³-hybridized carbons (Fsp3) is 0.200. The topological polar surface area (TPSA) is 111 Å². The van der Waals surface area contributed by atoms with Gasteiger partial charge in [0.1, 0.15) is 19.0 Å². The third kappa shape index (κ3) is 10.4. The van der Waals surface area contributed by atoms with E-state index >= 15 is 0 Å². The molecule has 0 radical (unpaired) electrons. The highest BCUT2D eigenvalue weighted by Gasteiger charge is 2.52. The van der Waals surface area contributed by atoms with Crippen LogP contribution in [0.25, 0.3) is 11.1 Å². The van der Waals surface area contributed by atoms with Crippen molar-refractivity contribution in [3.8, 4) is 28.4 Å². The van der Waals surface area contributed by atoms with Crippen molar-refractivity contribution < 1.29 is 28.8 Å². The van der Waals surface area contributed by atoms with E-state index < -0.39 is 11.6 Å². The SMILES string of the molecule is C=CC[C@]1(C(=O)NNCCc2ccc(OCc3ccccc3)c(OCc3ccccc3)c2)N=C(c2ccc(OCCCO)cc2)O[C@H]1c1ccc(-c2ccccc2)cc1. The summed E-state index contributed by atoms with van der Waals surface area (Å²) in [5.74, 6) is 1.97. The average molecular weight is 788 g/mol. The largest absolute Gasteiger partial charge is 0.494 e. The zero-order valence-corrected chi connectivity index (χ0v) is 33.0. The van der Waals surface area contributed by atoms with Gasteiger partial charge in [-0.15, -0.1) is 6.58 Å².